The van der Waals surface area contributed by atoms with Gasteiger partial charge < -0.3 is 4.42 Å². The van der Waals surface area contributed by atoms with Crippen LogP contribution in [0.2, 0.25) is 0 Å². The average Bonchev–Trinajstić information content (AvgIpc) is 3.14. The number of furan rings is 1. The maximum Gasteiger partial charge on any atom is 0.216 e. The SMILES string of the molecule is Cc1ccc2c(oc3c4ccccc4ccc23)c1-c1ccc2ccccc2[n+]1C. The van der Waals surface area contributed by atoms with Crippen molar-refractivity contribution in [3.63, 3.8) is 0 Å². The highest BCUT2D eigenvalue weighted by Gasteiger charge is 2.22. The predicted octanol–water partition coefficient (Wildman–Crippen LogP) is 6.69. The van der Waals surface area contributed by atoms with E-state index in [2.05, 4.69) is 103 Å². The van der Waals surface area contributed by atoms with Crippen LogP contribution >= 0.6 is 0 Å². The average molecular weight is 374 g/mol. The van der Waals surface area contributed by atoms with Crippen molar-refractivity contribution in [1.29, 1.82) is 0 Å². The van der Waals surface area contributed by atoms with Crippen LogP contribution in [0.3, 0.4) is 0 Å². The molecule has 6 aromatic rings. The molecule has 0 unspecified atom stereocenters. The van der Waals surface area contributed by atoms with E-state index in [1.165, 1.54) is 32.6 Å². The summed E-state index contributed by atoms with van der Waals surface area (Å²) in [5.41, 5.74) is 6.68. The normalized spacial score (nSPS) is 11.8. The molecule has 2 heterocycles. The molecule has 0 aliphatic rings. The lowest BCUT2D eigenvalue weighted by Gasteiger charge is -2.07. The van der Waals surface area contributed by atoms with Gasteiger partial charge in [-0.3, -0.25) is 0 Å². The molecule has 4 aromatic carbocycles. The Morgan fingerprint density at radius 2 is 1.31 bits per heavy atom. The molecule has 6 rings (SSSR count). The van der Waals surface area contributed by atoms with Crippen LogP contribution in [-0.4, -0.2) is 0 Å². The molecule has 2 aromatic heterocycles. The second-order valence-electron chi connectivity index (χ2n) is 7.74. The van der Waals surface area contributed by atoms with Crippen LogP contribution in [0.5, 0.6) is 0 Å². The van der Waals surface area contributed by atoms with E-state index in [0.717, 1.165) is 27.8 Å². The van der Waals surface area contributed by atoms with Crippen molar-refractivity contribution < 1.29 is 8.98 Å². The fourth-order valence-electron chi connectivity index (χ4n) is 4.58. The van der Waals surface area contributed by atoms with Gasteiger partial charge in [-0.25, -0.2) is 0 Å². The molecule has 0 radical (unpaired) electrons. The summed E-state index contributed by atoms with van der Waals surface area (Å²) in [5, 5.41) is 5.93. The van der Waals surface area contributed by atoms with Gasteiger partial charge in [-0.1, -0.05) is 54.6 Å². The molecule has 0 bridgehead atoms. The smallest absolute Gasteiger partial charge is 0.216 e. The van der Waals surface area contributed by atoms with E-state index >= 15 is 0 Å². The fourth-order valence-corrected chi connectivity index (χ4v) is 4.58. The highest BCUT2D eigenvalue weighted by molar-refractivity contribution is 6.17. The van der Waals surface area contributed by atoms with Crippen molar-refractivity contribution in [2.75, 3.05) is 0 Å². The van der Waals surface area contributed by atoms with Gasteiger partial charge >= 0.3 is 0 Å². The largest absolute Gasteiger partial charge is 0.454 e. The van der Waals surface area contributed by atoms with Gasteiger partial charge in [0, 0.05) is 33.7 Å². The van der Waals surface area contributed by atoms with Crippen LogP contribution in [0.15, 0.2) is 89.3 Å². The van der Waals surface area contributed by atoms with Gasteiger partial charge in [-0.2, -0.15) is 4.57 Å². The Kier molecular flexibility index (Phi) is 3.33. The molecule has 0 N–H and O–H groups in total. The van der Waals surface area contributed by atoms with Crippen LogP contribution < -0.4 is 4.57 Å². The first kappa shape index (κ1) is 16.3. The zero-order valence-electron chi connectivity index (χ0n) is 16.4. The third-order valence-corrected chi connectivity index (χ3v) is 6.08. The molecule has 0 saturated heterocycles. The highest BCUT2D eigenvalue weighted by Crippen LogP contribution is 2.39. The number of pyridine rings is 1. The molecule has 29 heavy (non-hydrogen) atoms. The third-order valence-electron chi connectivity index (χ3n) is 6.08. The lowest BCUT2D eigenvalue weighted by atomic mass is 9.99. The van der Waals surface area contributed by atoms with Crippen LogP contribution in [-0.2, 0) is 7.05 Å². The Morgan fingerprint density at radius 3 is 2.21 bits per heavy atom. The fraction of sp³-hybridized carbons (Fsp3) is 0.0741. The molecule has 0 amide bonds. The minimum Gasteiger partial charge on any atom is -0.454 e. The Labute approximate surface area is 168 Å². The Bertz CT molecular complexity index is 1570. The lowest BCUT2D eigenvalue weighted by Crippen LogP contribution is -2.32. The van der Waals surface area contributed by atoms with Crippen molar-refractivity contribution in [3.05, 3.63) is 90.5 Å². The van der Waals surface area contributed by atoms with Gasteiger partial charge in [0.2, 0.25) is 11.2 Å². The molecule has 2 heteroatoms. The third kappa shape index (κ3) is 2.26. The second-order valence-corrected chi connectivity index (χ2v) is 7.74. The molecule has 0 aliphatic heterocycles. The molecule has 2 nitrogen and oxygen atoms in total. The van der Waals surface area contributed by atoms with E-state index in [4.69, 9.17) is 4.42 Å². The van der Waals surface area contributed by atoms with Crippen LogP contribution in [0.4, 0.5) is 0 Å². The van der Waals surface area contributed by atoms with Crippen LogP contribution in [0.25, 0.3) is 54.9 Å². The molecule has 138 valence electrons. The van der Waals surface area contributed by atoms with Gasteiger partial charge in [0.15, 0.2) is 0 Å². The number of rotatable bonds is 1. The van der Waals surface area contributed by atoms with E-state index in [1.807, 2.05) is 0 Å². The zero-order valence-corrected chi connectivity index (χ0v) is 16.4. The van der Waals surface area contributed by atoms with E-state index < -0.39 is 0 Å². The van der Waals surface area contributed by atoms with Crippen molar-refractivity contribution in [2.24, 2.45) is 7.05 Å². The number of benzene rings is 4. The zero-order chi connectivity index (χ0) is 19.5. The maximum absolute atomic E-state index is 6.59. The first-order valence-electron chi connectivity index (χ1n) is 9.94. The van der Waals surface area contributed by atoms with Gasteiger partial charge in [0.25, 0.3) is 0 Å². The summed E-state index contributed by atoms with van der Waals surface area (Å²) in [7, 11) is 2.13. The summed E-state index contributed by atoms with van der Waals surface area (Å²) in [6.07, 6.45) is 0. The molecule has 0 atom stereocenters. The van der Waals surface area contributed by atoms with Crippen LogP contribution in [0.1, 0.15) is 5.56 Å². The number of aryl methyl sites for hydroxylation is 2. The first-order chi connectivity index (χ1) is 14.2. The number of hydrogen-bond donors (Lipinski definition) is 0. The quantitative estimate of drug-likeness (QED) is 0.293. The van der Waals surface area contributed by atoms with Gasteiger partial charge in [0.1, 0.15) is 18.2 Å². The van der Waals surface area contributed by atoms with Crippen molar-refractivity contribution >= 4 is 43.6 Å². The second kappa shape index (κ2) is 5.92. The molecular formula is C27H20NO+. The molecule has 0 saturated carbocycles. The number of fused-ring (bicyclic) bond motifs is 6. The van der Waals surface area contributed by atoms with Crippen molar-refractivity contribution in [2.45, 2.75) is 6.92 Å². The van der Waals surface area contributed by atoms with Gasteiger partial charge in [-0.15, -0.1) is 0 Å². The minimum absolute atomic E-state index is 0.960. The number of aromatic nitrogens is 1. The Morgan fingerprint density at radius 1 is 0.621 bits per heavy atom. The molecular weight excluding hydrogens is 354 g/mol. The Balaban J connectivity index is 1.76. The lowest BCUT2D eigenvalue weighted by molar-refractivity contribution is -0.633. The van der Waals surface area contributed by atoms with Crippen molar-refractivity contribution in [1.82, 2.24) is 0 Å². The number of hydrogen-bond acceptors (Lipinski definition) is 1. The first-order valence-corrected chi connectivity index (χ1v) is 9.94. The summed E-state index contributed by atoms with van der Waals surface area (Å²) < 4.78 is 8.85. The highest BCUT2D eigenvalue weighted by atomic mass is 16.3. The Hall–Kier alpha value is -3.65. The summed E-state index contributed by atoms with van der Waals surface area (Å²) in [5.74, 6) is 0. The predicted molar refractivity (Wildman–Crippen MR) is 120 cm³/mol. The number of nitrogens with zero attached hydrogens (tertiary/aromatic N) is 1. The summed E-state index contributed by atoms with van der Waals surface area (Å²) in [6.45, 7) is 2.16. The molecule has 0 spiro atoms. The van der Waals surface area contributed by atoms with Gasteiger partial charge in [0.05, 0.1) is 5.56 Å². The molecule has 0 fully saturated rings. The summed E-state index contributed by atoms with van der Waals surface area (Å²) in [6, 6.07) is 30.1. The number of para-hydroxylation sites is 1. The maximum atomic E-state index is 6.59. The topological polar surface area (TPSA) is 17.0 Å². The van der Waals surface area contributed by atoms with E-state index in [-0.39, 0.29) is 0 Å². The standard InChI is InChI=1S/C27H20NO/c1-17-11-14-22-21-15-12-18-7-3-5-9-20(18)26(21)29-27(22)25(17)24-16-13-19-8-4-6-10-23(19)28(24)2/h3-16H,1-2H3/q+1. The monoisotopic (exact) mass is 374 g/mol. The van der Waals surface area contributed by atoms with Gasteiger partial charge in [-0.05, 0) is 36.1 Å². The van der Waals surface area contributed by atoms with E-state index in [0.29, 0.717) is 0 Å². The summed E-state index contributed by atoms with van der Waals surface area (Å²) >= 11 is 0. The van der Waals surface area contributed by atoms with Crippen molar-refractivity contribution in [3.8, 4) is 11.3 Å². The minimum atomic E-state index is 0.960. The van der Waals surface area contributed by atoms with Crippen LogP contribution in [0, 0.1) is 6.92 Å². The summed E-state index contributed by atoms with van der Waals surface area (Å²) in [4.78, 5) is 0. The molecule has 0 aliphatic carbocycles. The van der Waals surface area contributed by atoms with E-state index in [1.54, 1.807) is 0 Å². The van der Waals surface area contributed by atoms with E-state index in [9.17, 15) is 0 Å².